The number of carbonyl (C=O) groups is 3. The second-order valence-electron chi connectivity index (χ2n) is 5.36. The van der Waals surface area contributed by atoms with E-state index in [0.29, 0.717) is 5.69 Å². The smallest absolute Gasteiger partial charge is 0.328 e. The highest BCUT2D eigenvalue weighted by Gasteiger charge is 2.36. The zero-order valence-electron chi connectivity index (χ0n) is 12.4. The number of para-hydroxylation sites is 1. The molecule has 2 atom stereocenters. The minimum Gasteiger partial charge on any atom is -0.480 e. The van der Waals surface area contributed by atoms with Gasteiger partial charge in [0.2, 0.25) is 0 Å². The van der Waals surface area contributed by atoms with E-state index in [9.17, 15) is 19.5 Å². The summed E-state index contributed by atoms with van der Waals surface area (Å²) in [6.07, 6.45) is -0.726. The van der Waals surface area contributed by atoms with Gasteiger partial charge in [-0.15, -0.1) is 0 Å². The van der Waals surface area contributed by atoms with Gasteiger partial charge in [0.05, 0.1) is 24.5 Å². The molecule has 122 valence electrons. The lowest BCUT2D eigenvalue weighted by Gasteiger charge is -2.34. The molecule has 0 radical (unpaired) electrons. The summed E-state index contributed by atoms with van der Waals surface area (Å²) >= 11 is 0. The quantitative estimate of drug-likeness (QED) is 0.814. The molecule has 2 N–H and O–H groups in total. The molecule has 0 spiro atoms. The first-order valence-electron chi connectivity index (χ1n) is 7.21. The number of hydrogen-bond donors (Lipinski definition) is 2. The molecule has 0 aromatic heterocycles. The number of fused-ring (bicyclic) bond motifs is 1. The Morgan fingerprint density at radius 2 is 2.17 bits per heavy atom. The van der Waals surface area contributed by atoms with Crippen LogP contribution >= 0.6 is 0 Å². The highest BCUT2D eigenvalue weighted by molar-refractivity contribution is 6.04. The summed E-state index contributed by atoms with van der Waals surface area (Å²) in [6.45, 7) is 1.98. The number of ether oxygens (including phenoxy) is 2. The van der Waals surface area contributed by atoms with E-state index < -0.39 is 24.0 Å². The fraction of sp³-hybridized carbons (Fsp3) is 0.400. The number of amides is 2. The van der Waals surface area contributed by atoms with Crippen LogP contribution in [-0.4, -0.2) is 59.7 Å². The maximum atomic E-state index is 12.8. The fourth-order valence-corrected chi connectivity index (χ4v) is 2.60. The predicted molar refractivity (Wildman–Crippen MR) is 78.4 cm³/mol. The third-order valence-corrected chi connectivity index (χ3v) is 3.84. The van der Waals surface area contributed by atoms with Crippen LogP contribution in [0.1, 0.15) is 17.3 Å². The molecule has 8 nitrogen and oxygen atoms in total. The van der Waals surface area contributed by atoms with Crippen LogP contribution in [0.4, 0.5) is 5.69 Å². The van der Waals surface area contributed by atoms with Crippen LogP contribution in [0.3, 0.4) is 0 Å². The van der Waals surface area contributed by atoms with E-state index in [0.717, 1.165) is 0 Å². The second-order valence-corrected chi connectivity index (χ2v) is 5.36. The van der Waals surface area contributed by atoms with E-state index in [1.165, 1.54) is 4.90 Å². The summed E-state index contributed by atoms with van der Waals surface area (Å²) < 4.78 is 10.7. The Morgan fingerprint density at radius 3 is 2.91 bits per heavy atom. The van der Waals surface area contributed by atoms with Crippen molar-refractivity contribution in [3.8, 4) is 5.75 Å². The number of carboxylic acid groups (broad SMARTS) is 1. The lowest BCUT2D eigenvalue weighted by atomic mass is 10.1. The van der Waals surface area contributed by atoms with Crippen LogP contribution in [0.25, 0.3) is 0 Å². The molecule has 1 aromatic carbocycles. The number of benzene rings is 1. The van der Waals surface area contributed by atoms with Crippen LogP contribution in [0, 0.1) is 0 Å². The summed E-state index contributed by atoms with van der Waals surface area (Å²) in [4.78, 5) is 37.0. The summed E-state index contributed by atoms with van der Waals surface area (Å²) in [5.74, 6) is -1.61. The molecule has 1 saturated heterocycles. The third kappa shape index (κ3) is 2.72. The van der Waals surface area contributed by atoms with Gasteiger partial charge in [0, 0.05) is 6.54 Å². The van der Waals surface area contributed by atoms with Gasteiger partial charge in [-0.05, 0) is 19.1 Å². The van der Waals surface area contributed by atoms with Crippen molar-refractivity contribution in [1.29, 1.82) is 0 Å². The highest BCUT2D eigenvalue weighted by atomic mass is 16.5. The molecule has 1 fully saturated rings. The lowest BCUT2D eigenvalue weighted by molar-refractivity contribution is -0.147. The Bertz CT molecular complexity index is 674. The van der Waals surface area contributed by atoms with Crippen molar-refractivity contribution in [2.75, 3.05) is 25.1 Å². The second kappa shape index (κ2) is 5.88. The van der Waals surface area contributed by atoms with Gasteiger partial charge >= 0.3 is 5.97 Å². The number of aliphatic carboxylic acids is 1. The van der Waals surface area contributed by atoms with Gasteiger partial charge in [-0.2, -0.15) is 0 Å². The summed E-state index contributed by atoms with van der Waals surface area (Å²) in [5.41, 5.74) is 0.626. The van der Waals surface area contributed by atoms with Crippen molar-refractivity contribution < 1.29 is 29.0 Å². The molecule has 2 heterocycles. The molecule has 23 heavy (non-hydrogen) atoms. The molecule has 2 amide bonds. The SMILES string of the molecule is C[C@H]1Oc2c(cccc2C(=O)N2CCOC[C@@H]2C(=O)O)NC1=O. The van der Waals surface area contributed by atoms with Gasteiger partial charge in [0.15, 0.2) is 17.9 Å². The van der Waals surface area contributed by atoms with Crippen molar-refractivity contribution in [2.24, 2.45) is 0 Å². The minimum atomic E-state index is -1.12. The molecular weight excluding hydrogens is 304 g/mol. The van der Waals surface area contributed by atoms with Gasteiger partial charge in [-0.3, -0.25) is 9.59 Å². The van der Waals surface area contributed by atoms with Crippen molar-refractivity contribution in [3.05, 3.63) is 23.8 Å². The topological polar surface area (TPSA) is 105 Å². The van der Waals surface area contributed by atoms with Crippen LogP contribution in [0.15, 0.2) is 18.2 Å². The summed E-state index contributed by atoms with van der Waals surface area (Å²) in [5, 5.41) is 11.9. The Hall–Kier alpha value is -2.61. The molecule has 0 aliphatic carbocycles. The average molecular weight is 320 g/mol. The molecule has 0 saturated carbocycles. The van der Waals surface area contributed by atoms with Crippen molar-refractivity contribution in [2.45, 2.75) is 19.1 Å². The number of nitrogens with zero attached hydrogens (tertiary/aromatic N) is 1. The van der Waals surface area contributed by atoms with Gasteiger partial charge in [-0.1, -0.05) is 6.07 Å². The molecule has 2 aliphatic heterocycles. The standard InChI is InChI=1S/C15H16N2O6/c1-8-13(18)16-10-4-2-3-9(12(10)23-8)14(19)17-5-6-22-7-11(17)15(20)21/h2-4,8,11H,5-7H2,1H3,(H,16,18)(H,20,21)/t8-,11-/m1/s1. The Kier molecular flexibility index (Phi) is 3.91. The van der Waals surface area contributed by atoms with Crippen LogP contribution < -0.4 is 10.1 Å². The summed E-state index contributed by atoms with van der Waals surface area (Å²) in [7, 11) is 0. The van der Waals surface area contributed by atoms with Gasteiger partial charge < -0.3 is 24.8 Å². The highest BCUT2D eigenvalue weighted by Crippen LogP contribution is 2.34. The molecule has 1 aromatic rings. The normalized spacial score (nSPS) is 23.5. The molecule has 0 bridgehead atoms. The van der Waals surface area contributed by atoms with E-state index in [4.69, 9.17) is 9.47 Å². The zero-order valence-corrected chi connectivity index (χ0v) is 12.4. The minimum absolute atomic E-state index is 0.0515. The first-order chi connectivity index (χ1) is 11.0. The van der Waals surface area contributed by atoms with E-state index >= 15 is 0 Å². The van der Waals surface area contributed by atoms with Crippen LogP contribution in [0.2, 0.25) is 0 Å². The van der Waals surface area contributed by atoms with Crippen LogP contribution in [0.5, 0.6) is 5.75 Å². The van der Waals surface area contributed by atoms with Crippen molar-refractivity contribution >= 4 is 23.5 Å². The van der Waals surface area contributed by atoms with Gasteiger partial charge in [0.25, 0.3) is 11.8 Å². The number of carbonyl (C=O) groups excluding carboxylic acids is 2. The first-order valence-corrected chi connectivity index (χ1v) is 7.21. The Balaban J connectivity index is 1.95. The van der Waals surface area contributed by atoms with Gasteiger partial charge in [0.1, 0.15) is 0 Å². The lowest BCUT2D eigenvalue weighted by Crippen LogP contribution is -2.52. The van der Waals surface area contributed by atoms with E-state index in [1.54, 1.807) is 25.1 Å². The molecule has 2 aliphatic rings. The predicted octanol–water partition coefficient (Wildman–Crippen LogP) is 0.332. The van der Waals surface area contributed by atoms with Gasteiger partial charge in [-0.25, -0.2) is 4.79 Å². The summed E-state index contributed by atoms with van der Waals surface area (Å²) in [6, 6.07) is 3.76. The maximum Gasteiger partial charge on any atom is 0.328 e. The van der Waals surface area contributed by atoms with Crippen LogP contribution in [-0.2, 0) is 14.3 Å². The van der Waals surface area contributed by atoms with Crippen molar-refractivity contribution in [3.63, 3.8) is 0 Å². The Labute approximate surface area is 132 Å². The number of morpholine rings is 1. The molecular formula is C15H16N2O6. The number of carboxylic acids is 1. The monoisotopic (exact) mass is 320 g/mol. The Morgan fingerprint density at radius 1 is 1.39 bits per heavy atom. The number of hydrogen-bond acceptors (Lipinski definition) is 5. The van der Waals surface area contributed by atoms with E-state index in [1.807, 2.05) is 0 Å². The maximum absolute atomic E-state index is 12.8. The number of anilines is 1. The van der Waals surface area contributed by atoms with Crippen molar-refractivity contribution in [1.82, 2.24) is 4.90 Å². The van der Waals surface area contributed by atoms with E-state index in [-0.39, 0.29) is 37.0 Å². The molecule has 0 unspecified atom stereocenters. The number of rotatable bonds is 2. The zero-order chi connectivity index (χ0) is 16.6. The molecule has 8 heteroatoms. The first kappa shape index (κ1) is 15.3. The fourth-order valence-electron chi connectivity index (χ4n) is 2.60. The van der Waals surface area contributed by atoms with E-state index in [2.05, 4.69) is 5.32 Å². The molecule has 3 rings (SSSR count). The third-order valence-electron chi connectivity index (χ3n) is 3.84. The number of nitrogens with one attached hydrogen (secondary N) is 1. The average Bonchev–Trinajstić information content (AvgIpc) is 2.54. The largest absolute Gasteiger partial charge is 0.480 e.